The maximum atomic E-state index is 12.3. The van der Waals surface area contributed by atoms with Crippen LogP contribution in [0.1, 0.15) is 0 Å². The largest absolute Gasteiger partial charge is 0.471 e. The van der Waals surface area contributed by atoms with Gasteiger partial charge in [-0.15, -0.1) is 0 Å². The van der Waals surface area contributed by atoms with Gasteiger partial charge in [0.1, 0.15) is 5.82 Å². The summed E-state index contributed by atoms with van der Waals surface area (Å²) in [6, 6.07) is 4.93. The minimum absolute atomic E-state index is 0.0513. The van der Waals surface area contributed by atoms with Crippen LogP contribution in [0.5, 0.6) is 0 Å². The highest BCUT2D eigenvalue weighted by Gasteiger charge is 2.38. The quantitative estimate of drug-likeness (QED) is 0.583. The van der Waals surface area contributed by atoms with Crippen LogP contribution in [0, 0.1) is 0 Å². The van der Waals surface area contributed by atoms with Crippen LogP contribution in [0.15, 0.2) is 36.8 Å². The second-order valence-electron chi connectivity index (χ2n) is 6.17. The van der Waals surface area contributed by atoms with Crippen molar-refractivity contribution in [3.8, 4) is 22.6 Å². The van der Waals surface area contributed by atoms with Crippen molar-refractivity contribution < 1.29 is 18.0 Å². The number of imidazole rings is 1. The van der Waals surface area contributed by atoms with Gasteiger partial charge in [0.25, 0.3) is 0 Å². The first kappa shape index (κ1) is 21.8. The summed E-state index contributed by atoms with van der Waals surface area (Å²) in [5.41, 5.74) is 1.62. The maximum absolute atomic E-state index is 12.3. The number of aromatic amines is 1. The van der Waals surface area contributed by atoms with Crippen LogP contribution < -0.4 is 10.2 Å². The van der Waals surface area contributed by atoms with Crippen molar-refractivity contribution in [2.24, 2.45) is 0 Å². The van der Waals surface area contributed by atoms with E-state index in [2.05, 4.69) is 19.9 Å². The molecule has 1 amide bonds. The van der Waals surface area contributed by atoms with Crippen LogP contribution in [0.4, 0.5) is 19.1 Å². The number of amides is 1. The Morgan fingerprint density at radius 2 is 2.00 bits per heavy atom. The van der Waals surface area contributed by atoms with Crippen molar-refractivity contribution in [2.75, 3.05) is 25.0 Å². The summed E-state index contributed by atoms with van der Waals surface area (Å²) in [6.07, 6.45) is -0.178. The van der Waals surface area contributed by atoms with Gasteiger partial charge < -0.3 is 15.2 Å². The summed E-state index contributed by atoms with van der Waals surface area (Å²) < 4.78 is 36.9. The molecule has 0 spiro atoms. The lowest BCUT2D eigenvalue weighted by atomic mass is 10.1. The molecule has 2 N–H and O–H groups in total. The van der Waals surface area contributed by atoms with E-state index in [0.29, 0.717) is 32.7 Å². The first-order chi connectivity index (χ1) is 14.2. The highest BCUT2D eigenvalue weighted by molar-refractivity contribution is 6.36. The van der Waals surface area contributed by atoms with Gasteiger partial charge in [-0.25, -0.2) is 15.0 Å². The molecule has 0 radical (unpaired) electrons. The molecule has 0 aliphatic rings. The van der Waals surface area contributed by atoms with Crippen molar-refractivity contribution in [1.82, 2.24) is 25.3 Å². The van der Waals surface area contributed by atoms with Crippen molar-refractivity contribution >= 4 is 35.1 Å². The lowest BCUT2D eigenvalue weighted by Crippen LogP contribution is -2.40. The molecule has 0 aliphatic heterocycles. The zero-order valence-corrected chi connectivity index (χ0v) is 17.0. The minimum Gasteiger partial charge on any atom is -0.347 e. The fourth-order valence-corrected chi connectivity index (χ4v) is 3.06. The van der Waals surface area contributed by atoms with E-state index in [9.17, 15) is 18.0 Å². The molecule has 1 aromatic carbocycles. The van der Waals surface area contributed by atoms with Gasteiger partial charge >= 0.3 is 12.1 Å². The number of hydrogen-bond donors (Lipinski definition) is 2. The standard InChI is InChI=1S/C18H15Cl2F3N6O/c1-29(7-6-26-16(30)18(21,22)23)17-27-9-12(15-24-4-5-25-15)14(28-17)11-3-2-10(19)8-13(11)20/h2-5,8-9H,6-7H2,1H3,(H,24,25)(H,26,30). The number of anilines is 1. The van der Waals surface area contributed by atoms with Crippen molar-refractivity contribution in [2.45, 2.75) is 6.18 Å². The number of hydrogen-bond acceptors (Lipinski definition) is 5. The smallest absolute Gasteiger partial charge is 0.347 e. The Morgan fingerprint density at radius 1 is 1.23 bits per heavy atom. The maximum Gasteiger partial charge on any atom is 0.471 e. The molecule has 0 unspecified atom stereocenters. The number of H-pyrrole nitrogens is 1. The normalized spacial score (nSPS) is 11.4. The fraction of sp³-hybridized carbons (Fsp3) is 0.222. The van der Waals surface area contributed by atoms with Crippen molar-refractivity contribution in [1.29, 1.82) is 0 Å². The second kappa shape index (κ2) is 8.88. The third kappa shape index (κ3) is 5.00. The first-order valence-electron chi connectivity index (χ1n) is 8.55. The highest BCUT2D eigenvalue weighted by atomic mass is 35.5. The van der Waals surface area contributed by atoms with Crippen LogP contribution in [-0.2, 0) is 4.79 Å². The van der Waals surface area contributed by atoms with Crippen molar-refractivity contribution in [3.05, 3.63) is 46.8 Å². The third-order valence-corrected chi connectivity index (χ3v) is 4.60. The molecule has 0 atom stereocenters. The lowest BCUT2D eigenvalue weighted by Gasteiger charge is -2.19. The van der Waals surface area contributed by atoms with Gasteiger partial charge in [-0.05, 0) is 18.2 Å². The molecule has 0 aliphatic carbocycles. The van der Waals surface area contributed by atoms with Gasteiger partial charge in [-0.3, -0.25) is 4.79 Å². The van der Waals surface area contributed by atoms with Crippen LogP contribution in [-0.4, -0.2) is 52.2 Å². The van der Waals surface area contributed by atoms with Gasteiger partial charge in [-0.2, -0.15) is 13.2 Å². The number of aromatic nitrogens is 4. The molecule has 7 nitrogen and oxygen atoms in total. The molecule has 2 aromatic heterocycles. The molecule has 2 heterocycles. The number of halogens is 5. The number of nitrogens with one attached hydrogen (secondary N) is 2. The van der Waals surface area contributed by atoms with Gasteiger partial charge in [0.15, 0.2) is 0 Å². The number of carbonyl (C=O) groups is 1. The monoisotopic (exact) mass is 458 g/mol. The zero-order valence-electron chi connectivity index (χ0n) is 15.5. The summed E-state index contributed by atoms with van der Waals surface area (Å²) in [5.74, 6) is -1.26. The topological polar surface area (TPSA) is 86.8 Å². The van der Waals surface area contributed by atoms with E-state index in [-0.39, 0.29) is 19.0 Å². The molecule has 30 heavy (non-hydrogen) atoms. The number of rotatable bonds is 6. The zero-order chi connectivity index (χ0) is 21.9. The number of benzene rings is 1. The number of alkyl halides is 3. The highest BCUT2D eigenvalue weighted by Crippen LogP contribution is 2.35. The van der Waals surface area contributed by atoms with Crippen LogP contribution in [0.3, 0.4) is 0 Å². The summed E-state index contributed by atoms with van der Waals surface area (Å²) in [4.78, 5) is 28.4. The molecule has 3 rings (SSSR count). The SMILES string of the molecule is CN(CCNC(=O)C(F)(F)F)c1ncc(-c2ncc[nH]2)c(-c2ccc(Cl)cc2Cl)n1. The molecule has 158 valence electrons. The lowest BCUT2D eigenvalue weighted by molar-refractivity contribution is -0.173. The average Bonchev–Trinajstić information content (AvgIpc) is 3.21. The average molecular weight is 459 g/mol. The number of likely N-dealkylation sites (N-methyl/N-ethyl adjacent to an activating group) is 1. The number of nitrogens with zero attached hydrogens (tertiary/aromatic N) is 4. The third-order valence-electron chi connectivity index (χ3n) is 4.05. The Morgan fingerprint density at radius 3 is 2.63 bits per heavy atom. The van der Waals surface area contributed by atoms with Crippen molar-refractivity contribution in [3.63, 3.8) is 0 Å². The minimum atomic E-state index is -4.93. The molecule has 0 fully saturated rings. The van der Waals surface area contributed by atoms with Gasteiger partial charge in [-0.1, -0.05) is 23.2 Å². The molecule has 0 saturated heterocycles. The van der Waals surface area contributed by atoms with E-state index >= 15 is 0 Å². The van der Waals surface area contributed by atoms with Crippen LogP contribution >= 0.6 is 23.2 Å². The van der Waals surface area contributed by atoms with E-state index in [1.165, 1.54) is 11.1 Å². The molecule has 3 aromatic rings. The van der Waals surface area contributed by atoms with Gasteiger partial charge in [0.05, 0.1) is 16.3 Å². The Labute approximate surface area is 179 Å². The molecular formula is C18H15Cl2F3N6O. The van der Waals surface area contributed by atoms with E-state index in [0.717, 1.165) is 0 Å². The molecule has 0 bridgehead atoms. The van der Waals surface area contributed by atoms with E-state index in [1.807, 2.05) is 0 Å². The second-order valence-corrected chi connectivity index (χ2v) is 7.01. The Balaban J connectivity index is 1.89. The molecule has 0 saturated carbocycles. The summed E-state index contributed by atoms with van der Waals surface area (Å²) >= 11 is 12.3. The Bertz CT molecular complexity index is 1040. The predicted octanol–water partition coefficient (Wildman–Crippen LogP) is 3.96. The predicted molar refractivity (Wildman–Crippen MR) is 107 cm³/mol. The van der Waals surface area contributed by atoms with Gasteiger partial charge in [0, 0.05) is 49.3 Å². The van der Waals surface area contributed by atoms with E-state index in [1.54, 1.807) is 43.0 Å². The summed E-state index contributed by atoms with van der Waals surface area (Å²) in [6.45, 7) is -0.190. The van der Waals surface area contributed by atoms with Gasteiger partial charge in [0.2, 0.25) is 5.95 Å². The summed E-state index contributed by atoms with van der Waals surface area (Å²) in [5, 5.41) is 2.62. The first-order valence-corrected chi connectivity index (χ1v) is 9.31. The Hall–Kier alpha value is -2.85. The molecular weight excluding hydrogens is 444 g/mol. The summed E-state index contributed by atoms with van der Waals surface area (Å²) in [7, 11) is 1.59. The number of carbonyl (C=O) groups excluding carboxylic acids is 1. The van der Waals surface area contributed by atoms with E-state index < -0.39 is 12.1 Å². The Kier molecular flexibility index (Phi) is 6.47. The van der Waals surface area contributed by atoms with E-state index in [4.69, 9.17) is 23.2 Å². The fourth-order valence-electron chi connectivity index (χ4n) is 2.57. The van der Waals surface area contributed by atoms with Crippen LogP contribution in [0.25, 0.3) is 22.6 Å². The van der Waals surface area contributed by atoms with Crippen LogP contribution in [0.2, 0.25) is 10.0 Å². The molecule has 12 heteroatoms.